The van der Waals surface area contributed by atoms with E-state index in [9.17, 15) is 14.4 Å². The van der Waals surface area contributed by atoms with Crippen LogP contribution in [0.1, 0.15) is 27.2 Å². The minimum atomic E-state index is -0.515. The molecule has 19 heavy (non-hydrogen) atoms. The number of likely N-dealkylation sites (N-methyl/N-ethyl adjacent to an activating group) is 1. The van der Waals surface area contributed by atoms with E-state index in [4.69, 9.17) is 4.74 Å². The fourth-order valence-corrected chi connectivity index (χ4v) is 1.32. The SMILES string of the molecule is CCCNC(=O)NC(=O)CN(CC)CC(=O)OCC. The molecular formula is C12H23N3O4. The van der Waals surface area contributed by atoms with E-state index < -0.39 is 11.9 Å². The molecule has 0 aromatic rings. The lowest BCUT2D eigenvalue weighted by atomic mass is 10.4. The number of esters is 1. The Morgan fingerprint density at radius 1 is 1.11 bits per heavy atom. The number of urea groups is 1. The third-order valence-corrected chi connectivity index (χ3v) is 2.26. The molecule has 0 radical (unpaired) electrons. The monoisotopic (exact) mass is 273 g/mol. The normalized spacial score (nSPS) is 10.1. The van der Waals surface area contributed by atoms with E-state index in [0.717, 1.165) is 6.42 Å². The zero-order valence-electron chi connectivity index (χ0n) is 11.8. The maximum atomic E-state index is 11.6. The Morgan fingerprint density at radius 2 is 1.79 bits per heavy atom. The molecule has 0 heterocycles. The van der Waals surface area contributed by atoms with Gasteiger partial charge in [-0.3, -0.25) is 19.8 Å². The van der Waals surface area contributed by atoms with E-state index in [0.29, 0.717) is 19.7 Å². The van der Waals surface area contributed by atoms with Crippen LogP contribution >= 0.6 is 0 Å². The fourth-order valence-electron chi connectivity index (χ4n) is 1.32. The Balaban J connectivity index is 4.05. The first kappa shape index (κ1) is 17.4. The van der Waals surface area contributed by atoms with Crippen molar-refractivity contribution in [3.8, 4) is 0 Å². The van der Waals surface area contributed by atoms with Crippen LogP contribution in [0, 0.1) is 0 Å². The molecule has 0 aliphatic rings. The molecule has 0 bridgehead atoms. The van der Waals surface area contributed by atoms with Crippen LogP contribution in [-0.4, -0.2) is 55.6 Å². The summed E-state index contributed by atoms with van der Waals surface area (Å²) in [6, 6.07) is -0.515. The molecule has 0 spiro atoms. The summed E-state index contributed by atoms with van der Waals surface area (Å²) in [6.45, 7) is 6.82. The fraction of sp³-hybridized carbons (Fsp3) is 0.750. The quantitative estimate of drug-likeness (QED) is 0.613. The zero-order chi connectivity index (χ0) is 14.7. The summed E-state index contributed by atoms with van der Waals surface area (Å²) in [4.78, 5) is 35.7. The summed E-state index contributed by atoms with van der Waals surface area (Å²) in [7, 11) is 0. The van der Waals surface area contributed by atoms with Crippen LogP contribution in [0.25, 0.3) is 0 Å². The number of nitrogens with one attached hydrogen (secondary N) is 2. The van der Waals surface area contributed by atoms with Crippen molar-refractivity contribution < 1.29 is 19.1 Å². The van der Waals surface area contributed by atoms with Gasteiger partial charge in [0.25, 0.3) is 0 Å². The molecule has 0 saturated heterocycles. The van der Waals surface area contributed by atoms with Gasteiger partial charge < -0.3 is 10.1 Å². The van der Waals surface area contributed by atoms with Gasteiger partial charge >= 0.3 is 12.0 Å². The lowest BCUT2D eigenvalue weighted by molar-refractivity contribution is -0.144. The van der Waals surface area contributed by atoms with E-state index in [1.807, 2.05) is 13.8 Å². The minimum absolute atomic E-state index is 0.0190. The molecule has 0 aliphatic heterocycles. The molecule has 0 aromatic heterocycles. The highest BCUT2D eigenvalue weighted by atomic mass is 16.5. The number of hydrogen-bond donors (Lipinski definition) is 2. The summed E-state index contributed by atoms with van der Waals surface area (Å²) in [5, 5.41) is 4.74. The van der Waals surface area contributed by atoms with E-state index in [1.54, 1.807) is 11.8 Å². The number of ether oxygens (including phenoxy) is 1. The molecule has 0 aromatic carbocycles. The first-order valence-corrected chi connectivity index (χ1v) is 6.49. The van der Waals surface area contributed by atoms with Crippen molar-refractivity contribution in [1.82, 2.24) is 15.5 Å². The van der Waals surface area contributed by atoms with Gasteiger partial charge in [0, 0.05) is 6.54 Å². The second-order valence-corrected chi connectivity index (χ2v) is 3.91. The van der Waals surface area contributed by atoms with E-state index in [-0.39, 0.29) is 19.1 Å². The van der Waals surface area contributed by atoms with Gasteiger partial charge in [-0.05, 0) is 19.9 Å². The van der Waals surface area contributed by atoms with Gasteiger partial charge in [-0.1, -0.05) is 13.8 Å². The van der Waals surface area contributed by atoms with E-state index in [1.165, 1.54) is 0 Å². The van der Waals surface area contributed by atoms with Crippen LogP contribution in [0.15, 0.2) is 0 Å². The number of carbonyl (C=O) groups excluding carboxylic acids is 3. The number of amides is 3. The van der Waals surface area contributed by atoms with Crippen LogP contribution < -0.4 is 10.6 Å². The molecule has 3 amide bonds. The smallest absolute Gasteiger partial charge is 0.321 e. The maximum Gasteiger partial charge on any atom is 0.321 e. The Labute approximate surface area is 113 Å². The van der Waals surface area contributed by atoms with Crippen molar-refractivity contribution in [2.75, 3.05) is 32.8 Å². The molecule has 0 atom stereocenters. The van der Waals surface area contributed by atoms with Crippen LogP contribution in [-0.2, 0) is 14.3 Å². The number of nitrogens with zero attached hydrogens (tertiary/aromatic N) is 1. The summed E-state index contributed by atoms with van der Waals surface area (Å²) in [5.41, 5.74) is 0. The van der Waals surface area contributed by atoms with E-state index in [2.05, 4.69) is 10.6 Å². The average molecular weight is 273 g/mol. The zero-order valence-corrected chi connectivity index (χ0v) is 11.8. The Bertz CT molecular complexity index is 307. The highest BCUT2D eigenvalue weighted by Gasteiger charge is 2.15. The van der Waals surface area contributed by atoms with Crippen molar-refractivity contribution >= 4 is 17.9 Å². The second kappa shape index (κ2) is 10.3. The summed E-state index contributed by atoms with van der Waals surface area (Å²) >= 11 is 0. The van der Waals surface area contributed by atoms with Gasteiger partial charge in [0.1, 0.15) is 0 Å². The number of imide groups is 1. The van der Waals surface area contributed by atoms with Gasteiger partial charge in [0.2, 0.25) is 5.91 Å². The predicted molar refractivity (Wildman–Crippen MR) is 70.6 cm³/mol. The molecule has 7 nitrogen and oxygen atoms in total. The highest BCUT2D eigenvalue weighted by molar-refractivity contribution is 5.95. The number of hydrogen-bond acceptors (Lipinski definition) is 5. The molecular weight excluding hydrogens is 250 g/mol. The topological polar surface area (TPSA) is 87.7 Å². The van der Waals surface area contributed by atoms with Gasteiger partial charge in [0.15, 0.2) is 0 Å². The highest BCUT2D eigenvalue weighted by Crippen LogP contribution is 1.90. The van der Waals surface area contributed by atoms with Crippen molar-refractivity contribution in [3.05, 3.63) is 0 Å². The molecule has 0 fully saturated rings. The van der Waals surface area contributed by atoms with Gasteiger partial charge in [0.05, 0.1) is 19.7 Å². The van der Waals surface area contributed by atoms with Crippen molar-refractivity contribution in [2.24, 2.45) is 0 Å². The molecule has 0 saturated carbocycles. The molecule has 0 unspecified atom stereocenters. The van der Waals surface area contributed by atoms with E-state index >= 15 is 0 Å². The van der Waals surface area contributed by atoms with Crippen LogP contribution in [0.2, 0.25) is 0 Å². The second-order valence-electron chi connectivity index (χ2n) is 3.91. The lowest BCUT2D eigenvalue weighted by Gasteiger charge is -2.18. The molecule has 7 heteroatoms. The molecule has 0 rings (SSSR count). The molecule has 2 N–H and O–H groups in total. The van der Waals surface area contributed by atoms with Crippen LogP contribution in [0.5, 0.6) is 0 Å². The standard InChI is InChI=1S/C12H23N3O4/c1-4-7-13-12(18)14-10(16)8-15(5-2)9-11(17)19-6-3/h4-9H2,1-3H3,(H2,13,14,16,18). The predicted octanol–water partition coefficient (Wildman–Crippen LogP) is 0.107. The summed E-state index contributed by atoms with van der Waals surface area (Å²) in [6.07, 6.45) is 0.797. The molecule has 0 aliphatic carbocycles. The van der Waals surface area contributed by atoms with Gasteiger partial charge in [-0.25, -0.2) is 4.79 Å². The first-order valence-electron chi connectivity index (χ1n) is 6.49. The van der Waals surface area contributed by atoms with Crippen molar-refractivity contribution in [3.63, 3.8) is 0 Å². The summed E-state index contributed by atoms with van der Waals surface area (Å²) in [5.74, 6) is -0.827. The van der Waals surface area contributed by atoms with Crippen molar-refractivity contribution in [2.45, 2.75) is 27.2 Å². The van der Waals surface area contributed by atoms with Crippen molar-refractivity contribution in [1.29, 1.82) is 0 Å². The third-order valence-electron chi connectivity index (χ3n) is 2.26. The van der Waals surface area contributed by atoms with Crippen LogP contribution in [0.3, 0.4) is 0 Å². The van der Waals surface area contributed by atoms with Crippen LogP contribution in [0.4, 0.5) is 4.79 Å². The number of rotatable bonds is 8. The first-order chi connectivity index (χ1) is 9.03. The average Bonchev–Trinajstić information content (AvgIpc) is 2.35. The number of carbonyl (C=O) groups is 3. The summed E-state index contributed by atoms with van der Waals surface area (Å²) < 4.78 is 4.80. The van der Waals surface area contributed by atoms with Gasteiger partial charge in [-0.15, -0.1) is 0 Å². The minimum Gasteiger partial charge on any atom is -0.465 e. The third kappa shape index (κ3) is 9.01. The largest absolute Gasteiger partial charge is 0.465 e. The Morgan fingerprint density at radius 3 is 2.32 bits per heavy atom. The molecule has 110 valence electrons. The lowest BCUT2D eigenvalue weighted by Crippen LogP contribution is -2.45. The van der Waals surface area contributed by atoms with Gasteiger partial charge in [-0.2, -0.15) is 0 Å². The Kier molecular flexibility index (Phi) is 9.42. The maximum absolute atomic E-state index is 11.6. The Hall–Kier alpha value is -1.63.